The van der Waals surface area contributed by atoms with Gasteiger partial charge in [-0.15, -0.1) is 22.7 Å². The Bertz CT molecular complexity index is 1280. The first-order chi connectivity index (χ1) is 19.9. The predicted molar refractivity (Wildman–Crippen MR) is 133 cm³/mol. The Morgan fingerprint density at radius 3 is 1.04 bits per heavy atom. The molecule has 45 heavy (non-hydrogen) atoms. The minimum absolute atomic E-state index is 0.0690. The van der Waals surface area contributed by atoms with Crippen molar-refractivity contribution in [1.82, 2.24) is 0 Å². The lowest BCUT2D eigenvalue weighted by molar-refractivity contribution is -0.396. The third kappa shape index (κ3) is 6.12. The first-order valence-corrected chi connectivity index (χ1v) is 15.1. The quantitative estimate of drug-likeness (QED) is 0.187. The molecule has 0 atom stereocenters. The molecule has 0 spiro atoms. The second-order valence-corrected chi connectivity index (χ2v) is 14.9. The average molecular weight is 856 g/mol. The summed E-state index contributed by atoms with van der Waals surface area (Å²) in [5, 5.41) is 0. The molecule has 22 heteroatoms. The van der Waals surface area contributed by atoms with Crippen molar-refractivity contribution in [2.45, 2.75) is 91.8 Å². The molecular weight excluding hydrogens is 842 g/mol. The highest BCUT2D eigenvalue weighted by Gasteiger charge is 2.82. The molecule has 0 unspecified atom stereocenters. The third-order valence-electron chi connectivity index (χ3n) is 7.25. The van der Waals surface area contributed by atoms with Gasteiger partial charge in [-0.3, -0.25) is 0 Å². The Balaban J connectivity index is 1.97. The van der Waals surface area contributed by atoms with E-state index in [1.165, 1.54) is 12.1 Å². The fourth-order valence-corrected chi connectivity index (χ4v) is 8.49. The molecule has 1 aliphatic carbocycles. The molecule has 2 heterocycles. The molecule has 0 amide bonds. The second kappa shape index (κ2) is 11.6. The number of alkyl halides is 18. The summed E-state index contributed by atoms with van der Waals surface area (Å²) in [6, 6.07) is 2.55. The van der Waals surface area contributed by atoms with Crippen LogP contribution >= 0.6 is 54.5 Å². The lowest BCUT2D eigenvalue weighted by atomic mass is 9.71. The largest absolute Gasteiger partial charge is 0.460 e. The third-order valence-corrected chi connectivity index (χ3v) is 10.7. The Kier molecular flexibility index (Phi) is 9.95. The van der Waals surface area contributed by atoms with Gasteiger partial charge in [0.2, 0.25) is 0 Å². The van der Waals surface area contributed by atoms with Crippen LogP contribution in [0.2, 0.25) is 0 Å². The summed E-state index contributed by atoms with van der Waals surface area (Å²) in [4.78, 5) is 0.600. The van der Waals surface area contributed by atoms with Gasteiger partial charge < -0.3 is 0 Å². The molecule has 0 saturated carbocycles. The van der Waals surface area contributed by atoms with Gasteiger partial charge in [0.1, 0.15) is 0 Å². The minimum atomic E-state index is -7.18. The van der Waals surface area contributed by atoms with Crippen molar-refractivity contribution in [3.8, 4) is 9.75 Å². The van der Waals surface area contributed by atoms with Crippen molar-refractivity contribution >= 4 is 54.5 Å². The van der Waals surface area contributed by atoms with Crippen LogP contribution in [0.25, 0.3) is 9.75 Å². The lowest BCUT2D eigenvalue weighted by Gasteiger charge is -2.36. The van der Waals surface area contributed by atoms with E-state index in [0.29, 0.717) is 9.75 Å². The highest BCUT2D eigenvalue weighted by atomic mass is 79.9. The van der Waals surface area contributed by atoms with Gasteiger partial charge in [-0.05, 0) is 80.8 Å². The van der Waals surface area contributed by atoms with Crippen molar-refractivity contribution in [1.29, 1.82) is 0 Å². The van der Waals surface area contributed by atoms with Crippen molar-refractivity contribution in [3.05, 3.63) is 30.8 Å². The van der Waals surface area contributed by atoms with Crippen LogP contribution < -0.4 is 0 Å². The Hall–Kier alpha value is -0.900. The van der Waals surface area contributed by atoms with Gasteiger partial charge >= 0.3 is 47.9 Å². The predicted octanol–water partition coefficient (Wildman–Crippen LogP) is 12.9. The van der Waals surface area contributed by atoms with Crippen LogP contribution in [0.15, 0.2) is 19.7 Å². The average Bonchev–Trinajstić information content (AvgIpc) is 3.48. The highest BCUT2D eigenvalue weighted by molar-refractivity contribution is 9.11. The van der Waals surface area contributed by atoms with E-state index >= 15 is 0 Å². The fraction of sp³-hybridized carbons (Fsp3) is 0.652. The summed E-state index contributed by atoms with van der Waals surface area (Å²) in [6.45, 7) is 0. The van der Waals surface area contributed by atoms with E-state index in [4.69, 9.17) is 0 Å². The van der Waals surface area contributed by atoms with E-state index < -0.39 is 91.8 Å². The van der Waals surface area contributed by atoms with Crippen molar-refractivity contribution in [2.24, 2.45) is 0 Å². The van der Waals surface area contributed by atoms with E-state index in [1.807, 2.05) is 0 Å². The maximum absolute atomic E-state index is 14.3. The number of fused-ring (bicyclic) bond motifs is 3. The van der Waals surface area contributed by atoms with Crippen LogP contribution in [0.4, 0.5) is 79.0 Å². The molecule has 0 radical (unpaired) electrons. The molecular formula is C23H14Br2F18S2. The van der Waals surface area contributed by atoms with Gasteiger partial charge in [-0.2, -0.15) is 79.0 Å². The van der Waals surface area contributed by atoms with Gasteiger partial charge in [0.15, 0.2) is 0 Å². The van der Waals surface area contributed by atoms with Gasteiger partial charge in [-0.1, -0.05) is 0 Å². The van der Waals surface area contributed by atoms with Crippen molar-refractivity contribution < 1.29 is 79.0 Å². The summed E-state index contributed by atoms with van der Waals surface area (Å²) in [6.07, 6.45) is -23.2. The van der Waals surface area contributed by atoms with Crippen LogP contribution in [0.3, 0.4) is 0 Å². The van der Waals surface area contributed by atoms with E-state index in [-0.39, 0.29) is 18.7 Å². The van der Waals surface area contributed by atoms with Crippen molar-refractivity contribution in [3.63, 3.8) is 0 Å². The normalized spacial score (nSPS) is 16.7. The second-order valence-electron chi connectivity index (χ2n) is 10.1. The molecule has 0 N–H and O–H groups in total. The van der Waals surface area contributed by atoms with E-state index in [2.05, 4.69) is 31.9 Å². The molecule has 3 rings (SSSR count). The Labute approximate surface area is 265 Å². The molecule has 0 saturated heterocycles. The molecule has 2 aromatic heterocycles. The van der Waals surface area contributed by atoms with Crippen LogP contribution in [0, 0.1) is 0 Å². The first kappa shape index (κ1) is 38.5. The van der Waals surface area contributed by atoms with E-state index in [0.717, 1.165) is 22.7 Å². The van der Waals surface area contributed by atoms with Crippen LogP contribution in [0.1, 0.15) is 49.7 Å². The van der Waals surface area contributed by atoms with Gasteiger partial charge in [0, 0.05) is 28.0 Å². The first-order valence-electron chi connectivity index (χ1n) is 11.9. The fourth-order valence-electron chi connectivity index (χ4n) is 4.93. The zero-order valence-corrected chi connectivity index (χ0v) is 26.1. The summed E-state index contributed by atoms with van der Waals surface area (Å²) in [7, 11) is 0. The zero-order chi connectivity index (χ0) is 35.0. The van der Waals surface area contributed by atoms with Crippen LogP contribution in [-0.2, 0) is 5.41 Å². The molecule has 0 fully saturated rings. The smallest absolute Gasteiger partial charge is 0.200 e. The minimum Gasteiger partial charge on any atom is -0.200 e. The topological polar surface area (TPSA) is 0 Å². The summed E-state index contributed by atoms with van der Waals surface area (Å²) in [5.41, 5.74) is -1.76. The van der Waals surface area contributed by atoms with Crippen LogP contribution in [0.5, 0.6) is 0 Å². The van der Waals surface area contributed by atoms with E-state index in [9.17, 15) is 79.0 Å². The Morgan fingerprint density at radius 2 is 0.778 bits per heavy atom. The maximum Gasteiger partial charge on any atom is 0.460 e. The number of hydrogen-bond donors (Lipinski definition) is 0. The van der Waals surface area contributed by atoms with Gasteiger partial charge in [0.25, 0.3) is 0 Å². The number of hydrogen-bond acceptors (Lipinski definition) is 2. The molecule has 0 bridgehead atoms. The summed E-state index contributed by atoms with van der Waals surface area (Å²) >= 11 is 8.10. The number of rotatable bonds is 12. The molecule has 0 aliphatic heterocycles. The Morgan fingerprint density at radius 1 is 0.489 bits per heavy atom. The summed E-state index contributed by atoms with van der Waals surface area (Å²) in [5.74, 6) is -40.3. The van der Waals surface area contributed by atoms with Gasteiger partial charge in [-0.25, -0.2) is 0 Å². The molecule has 258 valence electrons. The zero-order valence-electron chi connectivity index (χ0n) is 21.3. The monoisotopic (exact) mass is 854 g/mol. The molecule has 1 aliphatic rings. The van der Waals surface area contributed by atoms with Crippen LogP contribution in [-0.4, -0.2) is 47.9 Å². The molecule has 2 aromatic rings. The SMILES string of the molecule is FC(F)(F)C(F)(F)C(F)(F)C(F)(F)CCCC1(CCCC(F)(F)C(F)(F)C(F)(F)C(F)(F)F)c2cc(Br)sc2-c2sc(Br)cc21. The number of thiophene rings is 2. The molecule has 0 aromatic carbocycles. The molecule has 0 nitrogen and oxygen atoms in total. The maximum atomic E-state index is 14.3. The standard InChI is InChI=1S/C23H14Br2F18S2/c24-11-7-9-13(44-11)14-10(8-12(25)45-14)15(9,3-1-5-16(26,27)18(30,31)20(34,35)22(38,39)40)4-2-6-17(28,29)19(32,33)21(36,37)23(41,42)43/h7-8H,1-6H2. The van der Waals surface area contributed by atoms with E-state index in [1.54, 1.807) is 0 Å². The lowest BCUT2D eigenvalue weighted by Crippen LogP contribution is -2.60. The van der Waals surface area contributed by atoms with Crippen molar-refractivity contribution in [2.75, 3.05) is 0 Å². The highest BCUT2D eigenvalue weighted by Crippen LogP contribution is 2.62. The summed E-state index contributed by atoms with van der Waals surface area (Å²) < 4.78 is 241. The van der Waals surface area contributed by atoms with Gasteiger partial charge in [0.05, 0.1) is 7.57 Å². The number of halogens is 20.